The fraction of sp³-hybridized carbons (Fsp3) is 0.333. The molecule has 1 aliphatic heterocycles. The third kappa shape index (κ3) is 2.70. The van der Waals surface area contributed by atoms with Crippen LogP contribution >= 0.6 is 11.3 Å². The van der Waals surface area contributed by atoms with Crippen molar-refractivity contribution in [2.45, 2.75) is 6.04 Å². The van der Waals surface area contributed by atoms with Gasteiger partial charge in [0.1, 0.15) is 11.6 Å². The maximum atomic E-state index is 14.2. The first-order chi connectivity index (χ1) is 9.75. The van der Waals surface area contributed by atoms with E-state index >= 15 is 0 Å². The molecule has 5 heteroatoms. The average Bonchev–Trinajstić information content (AvgIpc) is 2.97. The highest BCUT2D eigenvalue weighted by Crippen LogP contribution is 2.33. The van der Waals surface area contributed by atoms with Crippen molar-refractivity contribution >= 4 is 11.3 Å². The van der Waals surface area contributed by atoms with Gasteiger partial charge >= 0.3 is 0 Å². The largest absolute Gasteiger partial charge is 0.508 e. The zero-order valence-corrected chi connectivity index (χ0v) is 11.9. The maximum absolute atomic E-state index is 14.2. The molecule has 0 unspecified atom stereocenters. The number of halogens is 1. The minimum atomic E-state index is -0.347. The van der Waals surface area contributed by atoms with Gasteiger partial charge in [0.05, 0.1) is 6.04 Å². The first kappa shape index (κ1) is 13.5. The highest BCUT2D eigenvalue weighted by molar-refractivity contribution is 7.08. The number of aromatic hydroxyl groups is 1. The lowest BCUT2D eigenvalue weighted by molar-refractivity contribution is 0.195. The molecule has 3 nitrogen and oxygen atoms in total. The molecule has 0 saturated carbocycles. The van der Waals surface area contributed by atoms with Gasteiger partial charge in [0.2, 0.25) is 0 Å². The molecule has 0 radical (unpaired) electrons. The summed E-state index contributed by atoms with van der Waals surface area (Å²) in [7, 11) is 0. The van der Waals surface area contributed by atoms with Crippen molar-refractivity contribution < 1.29 is 9.50 Å². The van der Waals surface area contributed by atoms with Gasteiger partial charge in [-0.25, -0.2) is 4.39 Å². The van der Waals surface area contributed by atoms with Crippen molar-refractivity contribution in [2.75, 3.05) is 26.2 Å². The SMILES string of the molecule is Oc1ccc([C@@H](c2ccsc2)N2CCNCC2)c(F)c1. The van der Waals surface area contributed by atoms with Gasteiger partial charge in [-0.1, -0.05) is 6.07 Å². The van der Waals surface area contributed by atoms with Crippen LogP contribution in [0.5, 0.6) is 5.75 Å². The van der Waals surface area contributed by atoms with Crippen LogP contribution in [0.1, 0.15) is 17.2 Å². The Kier molecular flexibility index (Phi) is 4.00. The van der Waals surface area contributed by atoms with E-state index in [-0.39, 0.29) is 17.6 Å². The van der Waals surface area contributed by atoms with Crippen molar-refractivity contribution in [1.82, 2.24) is 10.2 Å². The Morgan fingerprint density at radius 2 is 2.05 bits per heavy atom. The topological polar surface area (TPSA) is 35.5 Å². The Labute approximate surface area is 121 Å². The molecule has 3 rings (SSSR count). The molecular weight excluding hydrogens is 275 g/mol. The molecule has 0 spiro atoms. The molecule has 0 bridgehead atoms. The average molecular weight is 292 g/mol. The van der Waals surface area contributed by atoms with Crippen molar-refractivity contribution in [2.24, 2.45) is 0 Å². The number of rotatable bonds is 3. The van der Waals surface area contributed by atoms with E-state index in [9.17, 15) is 9.50 Å². The van der Waals surface area contributed by atoms with Crippen molar-refractivity contribution in [3.8, 4) is 5.75 Å². The number of benzene rings is 1. The highest BCUT2D eigenvalue weighted by atomic mass is 32.1. The van der Waals surface area contributed by atoms with Crippen LogP contribution in [0.25, 0.3) is 0 Å². The third-order valence-corrected chi connectivity index (χ3v) is 4.36. The molecule has 2 aromatic rings. The fourth-order valence-corrected chi connectivity index (χ4v) is 3.37. The monoisotopic (exact) mass is 292 g/mol. The van der Waals surface area contributed by atoms with Crippen LogP contribution in [0.2, 0.25) is 0 Å². The van der Waals surface area contributed by atoms with Crippen molar-refractivity contribution in [3.05, 3.63) is 52.0 Å². The molecule has 1 fully saturated rings. The Morgan fingerprint density at radius 1 is 1.25 bits per heavy atom. The predicted octanol–water partition coefficient (Wildman–Crippen LogP) is 2.59. The van der Waals surface area contributed by atoms with Crippen LogP contribution in [0.15, 0.2) is 35.0 Å². The summed E-state index contributed by atoms with van der Waals surface area (Å²) >= 11 is 1.62. The minimum Gasteiger partial charge on any atom is -0.508 e. The van der Waals surface area contributed by atoms with Gasteiger partial charge in [-0.05, 0) is 28.5 Å². The first-order valence-corrected chi connectivity index (χ1v) is 7.65. The number of phenolic OH excluding ortho intramolecular Hbond substituents is 1. The van der Waals surface area contributed by atoms with E-state index in [0.29, 0.717) is 5.56 Å². The van der Waals surface area contributed by atoms with Crippen LogP contribution in [-0.2, 0) is 0 Å². The highest BCUT2D eigenvalue weighted by Gasteiger charge is 2.26. The van der Waals surface area contributed by atoms with Gasteiger partial charge < -0.3 is 10.4 Å². The summed E-state index contributed by atoms with van der Waals surface area (Å²) < 4.78 is 14.2. The van der Waals surface area contributed by atoms with Gasteiger partial charge in [0, 0.05) is 37.8 Å². The second-order valence-corrected chi connectivity index (χ2v) is 5.73. The van der Waals surface area contributed by atoms with E-state index in [0.717, 1.165) is 31.7 Å². The summed E-state index contributed by atoms with van der Waals surface area (Å²) in [6.45, 7) is 3.61. The van der Waals surface area contributed by atoms with Gasteiger partial charge in [-0.2, -0.15) is 11.3 Å². The number of nitrogens with zero attached hydrogens (tertiary/aromatic N) is 1. The molecule has 1 atom stereocenters. The Hall–Kier alpha value is -1.43. The zero-order valence-electron chi connectivity index (χ0n) is 11.1. The lowest BCUT2D eigenvalue weighted by Crippen LogP contribution is -2.45. The van der Waals surface area contributed by atoms with E-state index in [1.54, 1.807) is 23.5 Å². The summed E-state index contributed by atoms with van der Waals surface area (Å²) in [5.41, 5.74) is 1.74. The maximum Gasteiger partial charge on any atom is 0.132 e. The quantitative estimate of drug-likeness (QED) is 0.913. The number of piperazine rings is 1. The van der Waals surface area contributed by atoms with Crippen molar-refractivity contribution in [3.63, 3.8) is 0 Å². The van der Waals surface area contributed by atoms with E-state index in [1.807, 2.05) is 11.4 Å². The fourth-order valence-electron chi connectivity index (χ4n) is 2.70. The number of nitrogens with one attached hydrogen (secondary N) is 1. The molecule has 2 heterocycles. The Balaban J connectivity index is 2.00. The molecule has 1 aromatic heterocycles. The second-order valence-electron chi connectivity index (χ2n) is 4.95. The summed E-state index contributed by atoms with van der Waals surface area (Å²) in [5, 5.41) is 16.8. The molecule has 1 saturated heterocycles. The van der Waals surface area contributed by atoms with Gasteiger partial charge in [-0.15, -0.1) is 0 Å². The summed E-state index contributed by atoms with van der Waals surface area (Å²) in [6.07, 6.45) is 0. The number of phenols is 1. The molecule has 1 aromatic carbocycles. The normalized spacial score (nSPS) is 18.1. The van der Waals surface area contributed by atoms with Crippen LogP contribution in [0, 0.1) is 5.82 Å². The number of hydrogen-bond acceptors (Lipinski definition) is 4. The smallest absolute Gasteiger partial charge is 0.132 e. The number of thiophene rings is 1. The lowest BCUT2D eigenvalue weighted by atomic mass is 9.98. The predicted molar refractivity (Wildman–Crippen MR) is 78.7 cm³/mol. The van der Waals surface area contributed by atoms with Gasteiger partial charge in [0.15, 0.2) is 0 Å². The van der Waals surface area contributed by atoms with Crippen molar-refractivity contribution in [1.29, 1.82) is 0 Å². The molecule has 2 N–H and O–H groups in total. The van der Waals surface area contributed by atoms with E-state index in [2.05, 4.69) is 15.6 Å². The second kappa shape index (κ2) is 5.91. The molecule has 20 heavy (non-hydrogen) atoms. The third-order valence-electron chi connectivity index (χ3n) is 3.65. The summed E-state index contributed by atoms with van der Waals surface area (Å²) in [4.78, 5) is 2.29. The summed E-state index contributed by atoms with van der Waals surface area (Å²) in [6, 6.07) is 6.40. The summed E-state index contributed by atoms with van der Waals surface area (Å²) in [5.74, 6) is -0.379. The van der Waals surface area contributed by atoms with Gasteiger partial charge in [-0.3, -0.25) is 4.90 Å². The van der Waals surface area contributed by atoms with E-state index in [1.165, 1.54) is 6.07 Å². The van der Waals surface area contributed by atoms with Crippen LogP contribution in [0.4, 0.5) is 4.39 Å². The van der Waals surface area contributed by atoms with E-state index in [4.69, 9.17) is 0 Å². The lowest BCUT2D eigenvalue weighted by Gasteiger charge is -2.35. The number of hydrogen-bond donors (Lipinski definition) is 2. The molecular formula is C15H17FN2OS. The Morgan fingerprint density at radius 3 is 2.70 bits per heavy atom. The Bertz CT molecular complexity index is 567. The zero-order chi connectivity index (χ0) is 13.9. The molecule has 106 valence electrons. The van der Waals surface area contributed by atoms with Gasteiger partial charge in [0.25, 0.3) is 0 Å². The first-order valence-electron chi connectivity index (χ1n) is 6.71. The standard InChI is InChI=1S/C15H17FN2OS/c16-14-9-12(19)1-2-13(14)15(11-3-8-20-10-11)18-6-4-17-5-7-18/h1-3,8-10,15,17,19H,4-7H2/t15-/m1/s1. The van der Waals surface area contributed by atoms with E-state index < -0.39 is 0 Å². The molecule has 0 amide bonds. The molecule has 1 aliphatic rings. The van der Waals surface area contributed by atoms with Crippen LogP contribution < -0.4 is 5.32 Å². The van der Waals surface area contributed by atoms with Crippen LogP contribution in [0.3, 0.4) is 0 Å². The minimum absolute atomic E-state index is 0.0318. The van der Waals surface area contributed by atoms with Crippen LogP contribution in [-0.4, -0.2) is 36.2 Å². The molecule has 0 aliphatic carbocycles.